The molecule has 0 N–H and O–H groups in total. The molecule has 1 heterocycles. The molecule has 2 aliphatic carbocycles. The molecule has 1 aromatic carbocycles. The van der Waals surface area contributed by atoms with Crippen LogP contribution in [0, 0.1) is 0 Å². The predicted octanol–water partition coefficient (Wildman–Crippen LogP) is 5.51. The first-order chi connectivity index (χ1) is 9.43. The molecule has 0 spiro atoms. The van der Waals surface area contributed by atoms with E-state index in [2.05, 4.69) is 48.6 Å². The summed E-state index contributed by atoms with van der Waals surface area (Å²) < 4.78 is 1.43. The van der Waals surface area contributed by atoms with Crippen molar-refractivity contribution in [1.82, 2.24) is 0 Å². The third-order valence-electron chi connectivity index (χ3n) is 3.99. The molecule has 94 valence electrons. The van der Waals surface area contributed by atoms with Crippen molar-refractivity contribution in [2.75, 3.05) is 0 Å². The maximum absolute atomic E-state index is 2.43. The van der Waals surface area contributed by atoms with Crippen LogP contribution in [0.5, 0.6) is 0 Å². The Kier molecular flexibility index (Phi) is 2.66. The van der Waals surface area contributed by atoms with Gasteiger partial charge in [0.2, 0.25) is 0 Å². The highest BCUT2D eigenvalue weighted by Gasteiger charge is 2.20. The van der Waals surface area contributed by atoms with Gasteiger partial charge < -0.3 is 0 Å². The van der Waals surface area contributed by atoms with Gasteiger partial charge in [-0.2, -0.15) is 0 Å². The molecule has 0 unspecified atom stereocenters. The maximum atomic E-state index is 2.43. The lowest BCUT2D eigenvalue weighted by atomic mass is 9.89. The molecule has 0 atom stereocenters. The second-order valence-corrected chi connectivity index (χ2v) is 6.25. The Labute approximate surface area is 117 Å². The first-order valence-electron chi connectivity index (χ1n) is 7.01. The number of thiophene rings is 1. The molecule has 0 radical (unpaired) electrons. The zero-order valence-corrected chi connectivity index (χ0v) is 11.7. The summed E-state index contributed by atoms with van der Waals surface area (Å²) in [5.41, 5.74) is 4.47. The molecule has 2 aliphatic rings. The second kappa shape index (κ2) is 4.50. The fourth-order valence-electron chi connectivity index (χ4n) is 3.08. The van der Waals surface area contributed by atoms with Crippen molar-refractivity contribution in [2.45, 2.75) is 25.7 Å². The van der Waals surface area contributed by atoms with E-state index in [0.29, 0.717) is 0 Å². The highest BCUT2D eigenvalue weighted by Crippen LogP contribution is 2.42. The Morgan fingerprint density at radius 1 is 0.947 bits per heavy atom. The molecule has 0 fully saturated rings. The minimum Gasteiger partial charge on any atom is -0.135 e. The molecule has 0 aliphatic heterocycles. The smallest absolute Gasteiger partial charge is 0.0390 e. The van der Waals surface area contributed by atoms with Crippen LogP contribution in [0.2, 0.25) is 0 Å². The van der Waals surface area contributed by atoms with Crippen molar-refractivity contribution < 1.29 is 0 Å². The number of fused-ring (bicyclic) bond motifs is 3. The van der Waals surface area contributed by atoms with Crippen LogP contribution in [0.25, 0.3) is 15.7 Å². The Balaban J connectivity index is 1.91. The number of allylic oxidation sites excluding steroid dienone is 6. The zero-order chi connectivity index (χ0) is 12.7. The van der Waals surface area contributed by atoms with Crippen LogP contribution >= 0.6 is 11.3 Å². The van der Waals surface area contributed by atoms with Crippen molar-refractivity contribution in [3.05, 3.63) is 64.6 Å². The Bertz CT molecular complexity index is 725. The summed E-state index contributed by atoms with van der Waals surface area (Å²) in [7, 11) is 0. The van der Waals surface area contributed by atoms with Gasteiger partial charge in [-0.3, -0.25) is 0 Å². The summed E-state index contributed by atoms with van der Waals surface area (Å²) >= 11 is 1.96. The van der Waals surface area contributed by atoms with Crippen molar-refractivity contribution in [3.8, 4) is 0 Å². The Hall–Kier alpha value is -1.60. The van der Waals surface area contributed by atoms with Crippen LogP contribution in [0.4, 0.5) is 0 Å². The summed E-state index contributed by atoms with van der Waals surface area (Å²) in [6.45, 7) is 0. The lowest BCUT2D eigenvalue weighted by Gasteiger charge is -2.16. The van der Waals surface area contributed by atoms with E-state index < -0.39 is 0 Å². The molecule has 0 saturated heterocycles. The minimum atomic E-state index is 1.17. The molecule has 4 rings (SSSR count). The third kappa shape index (κ3) is 1.81. The van der Waals surface area contributed by atoms with Crippen molar-refractivity contribution in [2.24, 2.45) is 0 Å². The van der Waals surface area contributed by atoms with Crippen LogP contribution < -0.4 is 0 Å². The van der Waals surface area contributed by atoms with E-state index in [1.54, 1.807) is 5.56 Å². The summed E-state index contributed by atoms with van der Waals surface area (Å²) in [5.74, 6) is 0. The minimum absolute atomic E-state index is 1.17. The monoisotopic (exact) mass is 264 g/mol. The zero-order valence-electron chi connectivity index (χ0n) is 10.9. The van der Waals surface area contributed by atoms with E-state index in [1.165, 1.54) is 51.8 Å². The lowest BCUT2D eigenvalue weighted by molar-refractivity contribution is 0.990. The normalized spacial score (nSPS) is 18.1. The van der Waals surface area contributed by atoms with E-state index in [0.717, 1.165) is 0 Å². The Morgan fingerprint density at radius 3 is 2.79 bits per heavy atom. The largest absolute Gasteiger partial charge is 0.135 e. The van der Waals surface area contributed by atoms with Crippen LogP contribution in [-0.2, 0) is 6.42 Å². The standard InChI is InChI=1S/C18H16S/c1-2-7-13(8-3-1)14-10-6-11-16-15-9-4-5-12-17(15)19-18(14)16/h2,4-5,7-10,12H,1,3,6,11H2. The van der Waals surface area contributed by atoms with Gasteiger partial charge in [-0.15, -0.1) is 11.3 Å². The molecular formula is C18H16S. The lowest BCUT2D eigenvalue weighted by Crippen LogP contribution is -1.98. The van der Waals surface area contributed by atoms with E-state index in [9.17, 15) is 0 Å². The number of rotatable bonds is 1. The topological polar surface area (TPSA) is 0 Å². The molecule has 0 nitrogen and oxygen atoms in total. The highest BCUT2D eigenvalue weighted by molar-refractivity contribution is 7.20. The average Bonchev–Trinajstić information content (AvgIpc) is 2.87. The van der Waals surface area contributed by atoms with Crippen molar-refractivity contribution in [1.29, 1.82) is 0 Å². The van der Waals surface area contributed by atoms with Gasteiger partial charge in [-0.1, -0.05) is 42.5 Å². The van der Waals surface area contributed by atoms with E-state index in [1.807, 2.05) is 11.3 Å². The van der Waals surface area contributed by atoms with Gasteiger partial charge >= 0.3 is 0 Å². The van der Waals surface area contributed by atoms with Crippen LogP contribution in [-0.4, -0.2) is 0 Å². The van der Waals surface area contributed by atoms with E-state index >= 15 is 0 Å². The second-order valence-electron chi connectivity index (χ2n) is 5.20. The number of aryl methyl sites for hydroxylation is 1. The summed E-state index contributed by atoms with van der Waals surface area (Å²) in [5, 5.41) is 1.47. The molecule has 19 heavy (non-hydrogen) atoms. The van der Waals surface area contributed by atoms with Crippen LogP contribution in [0.3, 0.4) is 0 Å². The van der Waals surface area contributed by atoms with Gasteiger partial charge in [0, 0.05) is 9.58 Å². The van der Waals surface area contributed by atoms with Crippen LogP contribution in [0.15, 0.2) is 54.1 Å². The fraction of sp³-hybridized carbons (Fsp3) is 0.222. The number of hydrogen-bond donors (Lipinski definition) is 0. The summed E-state index contributed by atoms with van der Waals surface area (Å²) in [6.07, 6.45) is 14.2. The quantitative estimate of drug-likeness (QED) is 0.637. The van der Waals surface area contributed by atoms with Gasteiger partial charge in [-0.25, -0.2) is 0 Å². The molecule has 0 saturated carbocycles. The maximum Gasteiger partial charge on any atom is 0.0390 e. The summed E-state index contributed by atoms with van der Waals surface area (Å²) in [4.78, 5) is 1.50. The molecule has 0 bridgehead atoms. The van der Waals surface area contributed by atoms with Crippen LogP contribution in [0.1, 0.15) is 29.7 Å². The molecule has 1 heteroatoms. The van der Waals surface area contributed by atoms with Crippen molar-refractivity contribution >= 4 is 27.0 Å². The Morgan fingerprint density at radius 2 is 1.89 bits per heavy atom. The molecule has 0 amide bonds. The summed E-state index contributed by atoms with van der Waals surface area (Å²) in [6, 6.07) is 8.83. The van der Waals surface area contributed by atoms with Gasteiger partial charge in [0.15, 0.2) is 0 Å². The number of benzene rings is 1. The third-order valence-corrected chi connectivity index (χ3v) is 5.24. The van der Waals surface area contributed by atoms with Gasteiger partial charge in [0.25, 0.3) is 0 Å². The van der Waals surface area contributed by atoms with Crippen molar-refractivity contribution in [3.63, 3.8) is 0 Å². The van der Waals surface area contributed by atoms with Gasteiger partial charge in [-0.05, 0) is 53.8 Å². The van der Waals surface area contributed by atoms with E-state index in [-0.39, 0.29) is 0 Å². The molecule has 1 aromatic heterocycles. The molecular weight excluding hydrogens is 248 g/mol. The highest BCUT2D eigenvalue weighted by atomic mass is 32.1. The van der Waals surface area contributed by atoms with Gasteiger partial charge in [0.05, 0.1) is 0 Å². The SMILES string of the molecule is C1=CC(C2=CCCc3c2sc2ccccc32)=CCC1. The number of hydrogen-bond acceptors (Lipinski definition) is 1. The first-order valence-corrected chi connectivity index (χ1v) is 7.83. The van der Waals surface area contributed by atoms with E-state index in [4.69, 9.17) is 0 Å². The predicted molar refractivity (Wildman–Crippen MR) is 84.6 cm³/mol. The fourth-order valence-corrected chi connectivity index (χ4v) is 4.39. The average molecular weight is 264 g/mol. The first kappa shape index (κ1) is 11.2. The molecule has 2 aromatic rings. The van der Waals surface area contributed by atoms with Gasteiger partial charge in [0.1, 0.15) is 0 Å².